The first kappa shape index (κ1) is 18.0. The predicted molar refractivity (Wildman–Crippen MR) is 120 cm³/mol. The van der Waals surface area contributed by atoms with Crippen molar-refractivity contribution in [3.8, 4) is 0 Å². The van der Waals surface area contributed by atoms with Gasteiger partial charge in [-0.1, -0.05) is 42.5 Å². The minimum atomic E-state index is -1.07. The number of hydrogen-bond donors (Lipinski definition) is 0. The maximum absolute atomic E-state index is 13.1. The summed E-state index contributed by atoms with van der Waals surface area (Å²) < 4.78 is 10.6. The number of carbonyl (C=O) groups is 1. The molecule has 0 spiro atoms. The molecule has 1 aliphatic rings. The van der Waals surface area contributed by atoms with Crippen LogP contribution < -0.4 is 0 Å². The molecule has 1 unspecified atom stereocenters. The molecule has 0 amide bonds. The van der Waals surface area contributed by atoms with Gasteiger partial charge in [0.05, 0.1) is 0 Å². The van der Waals surface area contributed by atoms with E-state index >= 15 is 0 Å². The molecule has 3 aromatic heterocycles. The van der Waals surface area contributed by atoms with Crippen LogP contribution in [0.1, 0.15) is 34.1 Å². The number of carbonyl (C=O) groups excluding carboxylic acids is 1. The summed E-state index contributed by atoms with van der Waals surface area (Å²) in [6.45, 7) is 2.94. The van der Waals surface area contributed by atoms with Gasteiger partial charge in [-0.15, -0.1) is 0 Å². The lowest BCUT2D eigenvalue weighted by atomic mass is 9.80. The van der Waals surface area contributed by atoms with Crippen LogP contribution in [0.25, 0.3) is 21.8 Å². The van der Waals surface area contributed by atoms with Gasteiger partial charge in [0, 0.05) is 70.7 Å². The molecule has 5 heteroatoms. The van der Waals surface area contributed by atoms with E-state index in [0.717, 1.165) is 45.0 Å². The second-order valence-electron chi connectivity index (χ2n) is 7.99. The van der Waals surface area contributed by atoms with Crippen molar-refractivity contribution in [1.29, 1.82) is 0 Å². The highest BCUT2D eigenvalue weighted by Gasteiger charge is 2.52. The monoisotopic (exact) mass is 407 g/mol. The molecule has 0 fully saturated rings. The Kier molecular flexibility index (Phi) is 3.66. The van der Waals surface area contributed by atoms with Crippen LogP contribution in [0.5, 0.6) is 0 Å². The fourth-order valence-electron chi connectivity index (χ4n) is 5.05. The molecule has 31 heavy (non-hydrogen) atoms. The predicted octanol–water partition coefficient (Wildman–Crippen LogP) is 5.01. The van der Waals surface area contributed by atoms with E-state index in [1.165, 1.54) is 0 Å². The van der Waals surface area contributed by atoms with E-state index in [1.54, 1.807) is 6.20 Å². The summed E-state index contributed by atoms with van der Waals surface area (Å²) >= 11 is 0. The van der Waals surface area contributed by atoms with Gasteiger partial charge in [0.25, 0.3) is 0 Å². The molecule has 0 bridgehead atoms. The Morgan fingerprint density at radius 2 is 1.55 bits per heavy atom. The van der Waals surface area contributed by atoms with Crippen LogP contribution >= 0.6 is 0 Å². The minimum absolute atomic E-state index is 0.378. The number of pyridine rings is 1. The van der Waals surface area contributed by atoms with Crippen LogP contribution in [-0.2, 0) is 23.9 Å². The Morgan fingerprint density at radius 1 is 0.871 bits per heavy atom. The Bertz CT molecular complexity index is 1490. The van der Waals surface area contributed by atoms with Crippen molar-refractivity contribution >= 4 is 27.8 Å². The van der Waals surface area contributed by atoms with Crippen molar-refractivity contribution in [2.45, 2.75) is 19.1 Å². The number of esters is 1. The largest absolute Gasteiger partial charge is 0.439 e. The van der Waals surface area contributed by atoms with Crippen molar-refractivity contribution in [3.05, 3.63) is 102 Å². The molecule has 0 N–H and O–H groups in total. The number of para-hydroxylation sites is 2. The van der Waals surface area contributed by atoms with E-state index in [2.05, 4.69) is 57.7 Å². The van der Waals surface area contributed by atoms with Crippen LogP contribution in [0.4, 0.5) is 0 Å². The third-order valence-corrected chi connectivity index (χ3v) is 6.41. The van der Waals surface area contributed by atoms with Crippen molar-refractivity contribution in [2.75, 3.05) is 0 Å². The first-order chi connectivity index (χ1) is 15.1. The average Bonchev–Trinajstić information content (AvgIpc) is 3.45. The SMILES string of the molecule is CCn1cc(C2(c3cn(C)c4ccccc34)OC(=O)c3ncccc32)c2ccccc21. The van der Waals surface area contributed by atoms with Crippen LogP contribution in [0, 0.1) is 0 Å². The van der Waals surface area contributed by atoms with Gasteiger partial charge >= 0.3 is 5.97 Å². The molecular formula is C26H21N3O2. The second kappa shape index (κ2) is 6.32. The van der Waals surface area contributed by atoms with Crippen molar-refractivity contribution in [3.63, 3.8) is 0 Å². The normalized spacial score (nSPS) is 17.9. The lowest BCUT2D eigenvalue weighted by molar-refractivity contribution is 0.0256. The molecule has 0 radical (unpaired) electrons. The van der Waals surface area contributed by atoms with Gasteiger partial charge in [-0.2, -0.15) is 0 Å². The third kappa shape index (κ3) is 2.26. The van der Waals surface area contributed by atoms with Gasteiger partial charge in [-0.25, -0.2) is 9.78 Å². The van der Waals surface area contributed by atoms with E-state index in [0.29, 0.717) is 5.69 Å². The van der Waals surface area contributed by atoms with Gasteiger partial charge in [0.15, 0.2) is 11.3 Å². The van der Waals surface area contributed by atoms with Crippen LogP contribution in [0.2, 0.25) is 0 Å². The first-order valence-electron chi connectivity index (χ1n) is 10.5. The third-order valence-electron chi connectivity index (χ3n) is 6.41. The summed E-state index contributed by atoms with van der Waals surface area (Å²) in [5, 5.41) is 2.13. The summed E-state index contributed by atoms with van der Waals surface area (Å²) in [6.07, 6.45) is 5.86. The zero-order valence-electron chi connectivity index (χ0n) is 17.4. The fourth-order valence-corrected chi connectivity index (χ4v) is 5.05. The topological polar surface area (TPSA) is 49.0 Å². The Hall–Kier alpha value is -3.86. The van der Waals surface area contributed by atoms with Crippen LogP contribution in [-0.4, -0.2) is 20.1 Å². The number of hydrogen-bond acceptors (Lipinski definition) is 3. The molecule has 4 heterocycles. The van der Waals surface area contributed by atoms with Crippen LogP contribution in [0.3, 0.4) is 0 Å². The number of rotatable bonds is 3. The number of ether oxygens (including phenoxy) is 1. The van der Waals surface area contributed by atoms with Gasteiger partial charge in [0.1, 0.15) is 0 Å². The smallest absolute Gasteiger partial charge is 0.358 e. The molecule has 0 aliphatic carbocycles. The molecule has 6 rings (SSSR count). The van der Waals surface area contributed by atoms with E-state index in [4.69, 9.17) is 4.74 Å². The second-order valence-corrected chi connectivity index (χ2v) is 7.99. The lowest BCUT2D eigenvalue weighted by Crippen LogP contribution is -2.29. The molecule has 152 valence electrons. The maximum Gasteiger partial charge on any atom is 0.358 e. The molecule has 0 saturated carbocycles. The summed E-state index contributed by atoms with van der Waals surface area (Å²) in [6, 6.07) is 20.4. The highest BCUT2D eigenvalue weighted by Crippen LogP contribution is 2.51. The maximum atomic E-state index is 13.1. The quantitative estimate of drug-likeness (QED) is 0.395. The number of fused-ring (bicyclic) bond motifs is 3. The highest BCUT2D eigenvalue weighted by atomic mass is 16.6. The van der Waals surface area contributed by atoms with E-state index in [9.17, 15) is 4.79 Å². The molecule has 2 aromatic carbocycles. The fraction of sp³-hybridized carbons (Fsp3) is 0.154. The number of cyclic esters (lactones) is 1. The summed E-state index contributed by atoms with van der Waals surface area (Å²) in [7, 11) is 2.02. The molecular weight excluding hydrogens is 386 g/mol. The number of benzene rings is 2. The van der Waals surface area contributed by atoms with Crippen LogP contribution in [0.15, 0.2) is 79.3 Å². The van der Waals surface area contributed by atoms with Gasteiger partial charge < -0.3 is 13.9 Å². The standard InChI is InChI=1S/C26H21N3O2/c1-3-29-16-21(18-10-5-7-13-23(18)29)26(19-11-8-14-27-24(19)25(30)31-26)20-15-28(2)22-12-6-4-9-17(20)22/h4-16H,3H2,1-2H3. The van der Waals surface area contributed by atoms with E-state index in [1.807, 2.05) is 43.4 Å². The molecule has 1 atom stereocenters. The number of aryl methyl sites for hydroxylation is 2. The van der Waals surface area contributed by atoms with Crippen molar-refractivity contribution in [1.82, 2.24) is 14.1 Å². The summed E-state index contributed by atoms with van der Waals surface area (Å²) in [5.74, 6) is -0.392. The Labute approximate surface area is 179 Å². The van der Waals surface area contributed by atoms with Gasteiger partial charge in [0.2, 0.25) is 0 Å². The summed E-state index contributed by atoms with van der Waals surface area (Å²) in [4.78, 5) is 17.5. The molecule has 1 aliphatic heterocycles. The number of aromatic nitrogens is 3. The van der Waals surface area contributed by atoms with Gasteiger partial charge in [-0.3, -0.25) is 0 Å². The van der Waals surface area contributed by atoms with E-state index in [-0.39, 0.29) is 0 Å². The zero-order valence-corrected chi connectivity index (χ0v) is 17.4. The Morgan fingerprint density at radius 3 is 2.32 bits per heavy atom. The lowest BCUT2D eigenvalue weighted by Gasteiger charge is -2.29. The molecule has 5 nitrogen and oxygen atoms in total. The number of nitrogens with zero attached hydrogens (tertiary/aromatic N) is 3. The first-order valence-corrected chi connectivity index (χ1v) is 10.5. The molecule has 5 aromatic rings. The van der Waals surface area contributed by atoms with Gasteiger partial charge in [-0.05, 0) is 25.1 Å². The summed E-state index contributed by atoms with van der Waals surface area (Å²) in [5.41, 5.74) is 4.21. The average molecular weight is 407 g/mol. The molecule has 0 saturated heterocycles. The zero-order chi connectivity index (χ0) is 21.2. The van der Waals surface area contributed by atoms with Crippen molar-refractivity contribution < 1.29 is 9.53 Å². The van der Waals surface area contributed by atoms with E-state index < -0.39 is 11.6 Å². The highest BCUT2D eigenvalue weighted by molar-refractivity contribution is 5.99. The Balaban J connectivity index is 1.80. The van der Waals surface area contributed by atoms with Crippen molar-refractivity contribution in [2.24, 2.45) is 7.05 Å². The minimum Gasteiger partial charge on any atom is -0.439 e.